The molecule has 0 saturated heterocycles. The van der Waals surface area contributed by atoms with Gasteiger partial charge < -0.3 is 5.73 Å². The molecule has 6 heteroatoms. The van der Waals surface area contributed by atoms with Crippen molar-refractivity contribution in [1.29, 1.82) is 0 Å². The van der Waals surface area contributed by atoms with Gasteiger partial charge in [0, 0.05) is 11.6 Å². The van der Waals surface area contributed by atoms with Crippen molar-refractivity contribution in [2.24, 2.45) is 5.73 Å². The maximum absolute atomic E-state index is 12.9. The van der Waals surface area contributed by atoms with Crippen LogP contribution in [0.4, 0.5) is 17.6 Å². The van der Waals surface area contributed by atoms with Crippen LogP contribution in [0, 0.1) is 5.82 Å². The molecule has 0 aromatic heterocycles. The summed E-state index contributed by atoms with van der Waals surface area (Å²) >= 11 is 5.39. The van der Waals surface area contributed by atoms with Crippen LogP contribution in [-0.2, 0) is 12.7 Å². The Bertz CT molecular complexity index is 348. The summed E-state index contributed by atoms with van der Waals surface area (Å²) in [5.41, 5.74) is 3.37. The van der Waals surface area contributed by atoms with Gasteiger partial charge in [0.05, 0.1) is 5.56 Å². The highest BCUT2D eigenvalue weighted by Gasteiger charge is 2.36. The van der Waals surface area contributed by atoms with Gasteiger partial charge in [0.15, 0.2) is 0 Å². The van der Waals surface area contributed by atoms with E-state index in [1.807, 2.05) is 0 Å². The summed E-state index contributed by atoms with van der Waals surface area (Å²) in [5.74, 6) is -1.40. The number of hydrogen-bond acceptors (Lipinski definition) is 1. The number of nitrogens with two attached hydrogens (primary N) is 1. The minimum absolute atomic E-state index is 0.101. The Balaban J connectivity index is 3.40. The second kappa shape index (κ2) is 3.74. The third-order valence-electron chi connectivity index (χ3n) is 1.64. The molecule has 0 heterocycles. The van der Waals surface area contributed by atoms with Crippen molar-refractivity contribution in [3.63, 3.8) is 0 Å². The molecule has 0 aliphatic rings. The van der Waals surface area contributed by atoms with Crippen LogP contribution < -0.4 is 5.73 Å². The molecule has 1 nitrogen and oxygen atoms in total. The van der Waals surface area contributed by atoms with E-state index in [9.17, 15) is 17.6 Å². The average Bonchev–Trinajstić information content (AvgIpc) is 1.99. The maximum Gasteiger partial charge on any atom is 0.419 e. The van der Waals surface area contributed by atoms with Crippen LogP contribution in [0.15, 0.2) is 12.1 Å². The first kappa shape index (κ1) is 11.3. The Hall–Kier alpha value is -0.810. The van der Waals surface area contributed by atoms with Gasteiger partial charge in [0.2, 0.25) is 0 Å². The molecule has 1 aromatic carbocycles. The van der Waals surface area contributed by atoms with E-state index >= 15 is 0 Å². The lowest BCUT2D eigenvalue weighted by Gasteiger charge is -2.12. The van der Waals surface area contributed by atoms with Gasteiger partial charge in [-0.15, -0.1) is 0 Å². The smallest absolute Gasteiger partial charge is 0.326 e. The van der Waals surface area contributed by atoms with Crippen LogP contribution in [0.1, 0.15) is 11.1 Å². The number of benzene rings is 1. The predicted molar refractivity (Wildman–Crippen MR) is 44.3 cm³/mol. The van der Waals surface area contributed by atoms with Gasteiger partial charge in [-0.25, -0.2) is 4.39 Å². The number of hydrogen-bond donors (Lipinski definition) is 1. The van der Waals surface area contributed by atoms with E-state index in [0.29, 0.717) is 6.07 Å². The Labute approximate surface area is 82.5 Å². The molecule has 0 saturated carbocycles. The molecule has 0 bridgehead atoms. The molecule has 0 fully saturated rings. The van der Waals surface area contributed by atoms with Gasteiger partial charge in [0.25, 0.3) is 0 Å². The molecule has 0 unspecified atom stereocenters. The minimum atomic E-state index is -4.75. The highest BCUT2D eigenvalue weighted by molar-refractivity contribution is 6.30. The predicted octanol–water partition coefficient (Wildman–Crippen LogP) is 2.96. The zero-order valence-corrected chi connectivity index (χ0v) is 7.58. The van der Waals surface area contributed by atoms with Gasteiger partial charge in [0.1, 0.15) is 5.82 Å². The fourth-order valence-corrected chi connectivity index (χ4v) is 1.33. The fraction of sp³-hybridized carbons (Fsp3) is 0.250. The third-order valence-corrected chi connectivity index (χ3v) is 1.86. The van der Waals surface area contributed by atoms with Gasteiger partial charge in [-0.2, -0.15) is 13.2 Å². The quantitative estimate of drug-likeness (QED) is 0.734. The number of halogens is 5. The van der Waals surface area contributed by atoms with Crippen LogP contribution >= 0.6 is 11.6 Å². The van der Waals surface area contributed by atoms with Crippen molar-refractivity contribution in [3.05, 3.63) is 34.1 Å². The lowest BCUT2D eigenvalue weighted by atomic mass is 10.1. The molecule has 1 rings (SSSR count). The van der Waals surface area contributed by atoms with Crippen molar-refractivity contribution in [2.45, 2.75) is 12.7 Å². The summed E-state index contributed by atoms with van der Waals surface area (Å²) in [6.07, 6.45) is -4.75. The molecule has 0 atom stereocenters. The second-order valence-corrected chi connectivity index (χ2v) is 3.06. The van der Waals surface area contributed by atoms with E-state index in [1.54, 1.807) is 0 Å². The molecule has 78 valence electrons. The van der Waals surface area contributed by atoms with Gasteiger partial charge in [-0.05, 0) is 17.7 Å². The molecule has 2 N–H and O–H groups in total. The Morgan fingerprint density at radius 1 is 1.29 bits per heavy atom. The molecular weight excluding hydrogens is 222 g/mol. The summed E-state index contributed by atoms with van der Waals surface area (Å²) in [5, 5.41) is -0.101. The zero-order valence-electron chi connectivity index (χ0n) is 6.83. The summed E-state index contributed by atoms with van der Waals surface area (Å²) in [7, 11) is 0. The Morgan fingerprint density at radius 2 is 1.86 bits per heavy atom. The van der Waals surface area contributed by atoms with E-state index in [1.165, 1.54) is 0 Å². The van der Waals surface area contributed by atoms with Crippen molar-refractivity contribution in [1.82, 2.24) is 0 Å². The monoisotopic (exact) mass is 227 g/mol. The summed E-state index contributed by atoms with van der Waals surface area (Å²) in [4.78, 5) is 0. The van der Waals surface area contributed by atoms with E-state index in [-0.39, 0.29) is 10.6 Å². The topological polar surface area (TPSA) is 26.0 Å². The SMILES string of the molecule is NCc1cc(Cl)cc(F)c1C(F)(F)F. The van der Waals surface area contributed by atoms with Gasteiger partial charge >= 0.3 is 6.18 Å². The molecule has 1 aromatic rings. The zero-order chi connectivity index (χ0) is 10.9. The number of rotatable bonds is 1. The third kappa shape index (κ3) is 2.16. The van der Waals surface area contributed by atoms with Crippen LogP contribution in [-0.4, -0.2) is 0 Å². The standard InChI is InChI=1S/C8H6ClF4N/c9-5-1-4(3-14)7(6(10)2-5)8(11,12)13/h1-2H,3,14H2. The largest absolute Gasteiger partial charge is 0.419 e. The molecule has 0 aliphatic heterocycles. The van der Waals surface area contributed by atoms with Crippen LogP contribution in [0.3, 0.4) is 0 Å². The molecule has 14 heavy (non-hydrogen) atoms. The van der Waals surface area contributed by atoms with Gasteiger partial charge in [-0.1, -0.05) is 11.6 Å². The van der Waals surface area contributed by atoms with Crippen molar-refractivity contribution in [2.75, 3.05) is 0 Å². The second-order valence-electron chi connectivity index (χ2n) is 2.62. The highest BCUT2D eigenvalue weighted by atomic mass is 35.5. The summed E-state index contributed by atoms with van der Waals surface area (Å²) in [6, 6.07) is 1.62. The number of alkyl halides is 3. The van der Waals surface area contributed by atoms with Gasteiger partial charge in [-0.3, -0.25) is 0 Å². The summed E-state index contributed by atoms with van der Waals surface area (Å²) in [6.45, 7) is -0.410. The van der Waals surface area contributed by atoms with E-state index in [4.69, 9.17) is 17.3 Å². The van der Waals surface area contributed by atoms with E-state index in [0.717, 1.165) is 6.07 Å². The van der Waals surface area contributed by atoms with E-state index in [2.05, 4.69) is 0 Å². The van der Waals surface area contributed by atoms with Crippen molar-refractivity contribution in [3.8, 4) is 0 Å². The van der Waals surface area contributed by atoms with E-state index < -0.39 is 24.1 Å². The van der Waals surface area contributed by atoms with Crippen molar-refractivity contribution >= 4 is 11.6 Å². The lowest BCUT2D eigenvalue weighted by molar-refractivity contribution is -0.140. The van der Waals surface area contributed by atoms with Crippen LogP contribution in [0.2, 0.25) is 5.02 Å². The maximum atomic E-state index is 12.9. The summed E-state index contributed by atoms with van der Waals surface area (Å²) < 4.78 is 49.8. The molecular formula is C8H6ClF4N. The molecule has 0 spiro atoms. The first-order valence-electron chi connectivity index (χ1n) is 3.61. The molecule has 0 radical (unpaired) electrons. The van der Waals surface area contributed by atoms with Crippen LogP contribution in [0.25, 0.3) is 0 Å². The first-order chi connectivity index (χ1) is 6.36. The van der Waals surface area contributed by atoms with Crippen molar-refractivity contribution < 1.29 is 17.6 Å². The fourth-order valence-electron chi connectivity index (χ4n) is 1.11. The molecule has 0 amide bonds. The average molecular weight is 228 g/mol. The first-order valence-corrected chi connectivity index (χ1v) is 3.99. The highest BCUT2D eigenvalue weighted by Crippen LogP contribution is 2.35. The Kier molecular flexibility index (Phi) is 3.01. The normalized spacial score (nSPS) is 11.9. The molecule has 0 aliphatic carbocycles. The Morgan fingerprint density at radius 3 is 2.29 bits per heavy atom. The minimum Gasteiger partial charge on any atom is -0.326 e. The van der Waals surface area contributed by atoms with Crippen LogP contribution in [0.5, 0.6) is 0 Å². The lowest BCUT2D eigenvalue weighted by Crippen LogP contribution is -2.14.